The molecule has 2 aromatic carbocycles. The van der Waals surface area contributed by atoms with Gasteiger partial charge in [0.2, 0.25) is 5.96 Å². The number of nitrogens with zero attached hydrogens (tertiary/aromatic N) is 2. The maximum absolute atomic E-state index is 12.7. The molecule has 0 saturated carbocycles. The Balaban J connectivity index is 1.84. The molecule has 0 saturated heterocycles. The zero-order chi connectivity index (χ0) is 19.8. The van der Waals surface area contributed by atoms with E-state index in [2.05, 4.69) is 33.6 Å². The van der Waals surface area contributed by atoms with Crippen molar-refractivity contribution >= 4 is 17.6 Å². The average molecular weight is 372 g/mol. The van der Waals surface area contributed by atoms with Gasteiger partial charge in [0.05, 0.1) is 6.54 Å². The summed E-state index contributed by atoms with van der Waals surface area (Å²) in [6, 6.07) is 19.3. The lowest BCUT2D eigenvalue weighted by atomic mass is 10.1. The number of hydrogen-bond donors (Lipinski definition) is 2. The van der Waals surface area contributed by atoms with Crippen molar-refractivity contribution in [2.45, 2.75) is 26.8 Å². The van der Waals surface area contributed by atoms with Crippen LogP contribution in [-0.4, -0.2) is 16.9 Å². The third-order valence-electron chi connectivity index (χ3n) is 4.31. The third-order valence-corrected chi connectivity index (χ3v) is 4.31. The summed E-state index contributed by atoms with van der Waals surface area (Å²) in [4.78, 5) is 21.4. The second-order valence-corrected chi connectivity index (χ2v) is 6.49. The van der Waals surface area contributed by atoms with Crippen LogP contribution in [0.15, 0.2) is 78.0 Å². The lowest BCUT2D eigenvalue weighted by molar-refractivity contribution is 0.0977. The fourth-order valence-electron chi connectivity index (χ4n) is 2.82. The minimum Gasteiger partial charge on any atom is -0.326 e. The Morgan fingerprint density at radius 2 is 1.93 bits per heavy atom. The molecule has 0 unspecified atom stereocenters. The number of carbonyl (C=O) groups excluding carboxylic acids is 1. The van der Waals surface area contributed by atoms with E-state index in [1.807, 2.05) is 55.5 Å². The molecule has 3 aromatic rings. The van der Waals surface area contributed by atoms with Crippen LogP contribution in [0.5, 0.6) is 0 Å². The molecule has 0 aliphatic rings. The van der Waals surface area contributed by atoms with Crippen LogP contribution in [0.3, 0.4) is 0 Å². The minimum absolute atomic E-state index is 0.199. The van der Waals surface area contributed by atoms with E-state index in [4.69, 9.17) is 0 Å². The molecule has 2 N–H and O–H groups in total. The third kappa shape index (κ3) is 5.27. The quantitative estimate of drug-likeness (QED) is 0.517. The Morgan fingerprint density at radius 3 is 2.68 bits per heavy atom. The number of guanidine groups is 1. The highest BCUT2D eigenvalue weighted by molar-refractivity contribution is 6.10. The van der Waals surface area contributed by atoms with Gasteiger partial charge in [0.25, 0.3) is 5.91 Å². The second-order valence-electron chi connectivity index (χ2n) is 6.49. The van der Waals surface area contributed by atoms with E-state index in [1.165, 1.54) is 0 Å². The number of pyridine rings is 1. The molecule has 0 aliphatic carbocycles. The summed E-state index contributed by atoms with van der Waals surface area (Å²) >= 11 is 0. The van der Waals surface area contributed by atoms with Crippen molar-refractivity contribution in [1.82, 2.24) is 10.3 Å². The largest absolute Gasteiger partial charge is 0.326 e. The number of nitrogens with one attached hydrogen (secondary N) is 2. The number of carbonyl (C=O) groups is 1. The number of aliphatic imine (C=N–C) groups is 1. The molecular formula is C23H24N4O. The molecule has 0 aliphatic heterocycles. The van der Waals surface area contributed by atoms with Gasteiger partial charge in [-0.15, -0.1) is 0 Å². The first kappa shape index (κ1) is 19.3. The van der Waals surface area contributed by atoms with Gasteiger partial charge >= 0.3 is 0 Å². The number of anilines is 1. The van der Waals surface area contributed by atoms with Crippen molar-refractivity contribution in [3.05, 3.63) is 95.3 Å². The summed E-state index contributed by atoms with van der Waals surface area (Å²) in [5.41, 5.74) is 4.68. The van der Waals surface area contributed by atoms with Gasteiger partial charge in [-0.2, -0.15) is 0 Å². The predicted molar refractivity (Wildman–Crippen MR) is 113 cm³/mol. The summed E-state index contributed by atoms with van der Waals surface area (Å²) < 4.78 is 0. The van der Waals surface area contributed by atoms with Gasteiger partial charge in [0.15, 0.2) is 0 Å². The maximum Gasteiger partial charge on any atom is 0.257 e. The van der Waals surface area contributed by atoms with E-state index in [9.17, 15) is 4.79 Å². The molecule has 3 rings (SSSR count). The minimum atomic E-state index is -0.199. The Bertz CT molecular complexity index is 967. The van der Waals surface area contributed by atoms with Crippen LogP contribution in [0.1, 0.15) is 34.0 Å². The monoisotopic (exact) mass is 372 g/mol. The first-order valence-corrected chi connectivity index (χ1v) is 9.32. The lowest BCUT2D eigenvalue weighted by Crippen LogP contribution is -2.36. The molecule has 0 radical (unpaired) electrons. The van der Waals surface area contributed by atoms with Crippen molar-refractivity contribution in [1.29, 1.82) is 0 Å². The maximum atomic E-state index is 12.7. The van der Waals surface area contributed by atoms with Gasteiger partial charge in [0, 0.05) is 23.6 Å². The molecule has 0 fully saturated rings. The van der Waals surface area contributed by atoms with Crippen LogP contribution in [0.4, 0.5) is 5.69 Å². The number of hydrogen-bond acceptors (Lipinski definition) is 3. The second kappa shape index (κ2) is 9.46. The van der Waals surface area contributed by atoms with Crippen molar-refractivity contribution < 1.29 is 4.79 Å². The molecule has 1 aromatic heterocycles. The Kier molecular flexibility index (Phi) is 6.52. The molecule has 142 valence electrons. The highest BCUT2D eigenvalue weighted by Crippen LogP contribution is 2.15. The van der Waals surface area contributed by atoms with Crippen LogP contribution >= 0.6 is 0 Å². The molecule has 0 spiro atoms. The fraction of sp³-hybridized carbons (Fsp3) is 0.174. The van der Waals surface area contributed by atoms with E-state index in [-0.39, 0.29) is 5.91 Å². The standard InChI is InChI=1S/C23H24N4O/c1-3-19-10-4-5-12-21(19)26-23(25-16-18-9-7-13-24-15-18)27-22(28)20-11-6-8-17(2)14-20/h4-15H,3,16H2,1-2H3,(H2,25,26,27,28). The van der Waals surface area contributed by atoms with Crippen LogP contribution in [-0.2, 0) is 13.0 Å². The van der Waals surface area contributed by atoms with E-state index >= 15 is 0 Å². The summed E-state index contributed by atoms with van der Waals surface area (Å²) in [5, 5.41) is 6.19. The Hall–Kier alpha value is -3.47. The van der Waals surface area contributed by atoms with Gasteiger partial charge in [0.1, 0.15) is 0 Å². The molecule has 28 heavy (non-hydrogen) atoms. The summed E-state index contributed by atoms with van der Waals surface area (Å²) in [6.45, 7) is 4.47. The van der Waals surface area contributed by atoms with Gasteiger partial charge in [-0.25, -0.2) is 4.99 Å². The normalized spacial score (nSPS) is 11.1. The highest BCUT2D eigenvalue weighted by atomic mass is 16.1. The number of aryl methyl sites for hydroxylation is 2. The number of para-hydroxylation sites is 1. The summed E-state index contributed by atoms with van der Waals surface area (Å²) in [7, 11) is 0. The Morgan fingerprint density at radius 1 is 1.07 bits per heavy atom. The van der Waals surface area contributed by atoms with E-state index in [1.54, 1.807) is 18.5 Å². The fourth-order valence-corrected chi connectivity index (χ4v) is 2.82. The Labute approximate surface area is 165 Å². The number of amides is 1. The zero-order valence-corrected chi connectivity index (χ0v) is 16.1. The smallest absolute Gasteiger partial charge is 0.257 e. The van der Waals surface area contributed by atoms with Crippen molar-refractivity contribution in [2.75, 3.05) is 5.32 Å². The van der Waals surface area contributed by atoms with Gasteiger partial charge < -0.3 is 5.32 Å². The highest BCUT2D eigenvalue weighted by Gasteiger charge is 2.11. The van der Waals surface area contributed by atoms with Crippen molar-refractivity contribution in [3.63, 3.8) is 0 Å². The van der Waals surface area contributed by atoms with Crippen molar-refractivity contribution in [3.8, 4) is 0 Å². The number of rotatable bonds is 5. The van der Waals surface area contributed by atoms with Crippen LogP contribution < -0.4 is 10.6 Å². The molecule has 1 amide bonds. The number of aromatic nitrogens is 1. The SMILES string of the molecule is CCc1ccccc1NC(=NCc1cccnc1)NC(=O)c1cccc(C)c1. The first-order chi connectivity index (χ1) is 13.7. The predicted octanol–water partition coefficient (Wildman–Crippen LogP) is 4.35. The molecule has 0 atom stereocenters. The van der Waals surface area contributed by atoms with Crippen LogP contribution in [0.2, 0.25) is 0 Å². The summed E-state index contributed by atoms with van der Waals surface area (Å²) in [6.07, 6.45) is 4.37. The molecule has 0 bridgehead atoms. The molecular weight excluding hydrogens is 348 g/mol. The average Bonchev–Trinajstić information content (AvgIpc) is 2.73. The lowest BCUT2D eigenvalue weighted by Gasteiger charge is -2.14. The van der Waals surface area contributed by atoms with E-state index in [0.29, 0.717) is 18.1 Å². The molecule has 5 nitrogen and oxygen atoms in total. The van der Waals surface area contributed by atoms with E-state index in [0.717, 1.165) is 28.8 Å². The van der Waals surface area contributed by atoms with Gasteiger partial charge in [-0.3, -0.25) is 15.1 Å². The summed E-state index contributed by atoms with van der Waals surface area (Å²) in [5.74, 6) is 0.214. The first-order valence-electron chi connectivity index (χ1n) is 9.32. The van der Waals surface area contributed by atoms with Crippen LogP contribution in [0, 0.1) is 6.92 Å². The molecule has 1 heterocycles. The van der Waals surface area contributed by atoms with Gasteiger partial charge in [-0.1, -0.05) is 48.9 Å². The zero-order valence-electron chi connectivity index (χ0n) is 16.1. The van der Waals surface area contributed by atoms with E-state index < -0.39 is 0 Å². The molecule has 5 heteroatoms. The van der Waals surface area contributed by atoms with Crippen molar-refractivity contribution in [2.24, 2.45) is 4.99 Å². The van der Waals surface area contributed by atoms with Crippen LogP contribution in [0.25, 0.3) is 0 Å². The van der Waals surface area contributed by atoms with Gasteiger partial charge in [-0.05, 0) is 48.7 Å². The topological polar surface area (TPSA) is 66.4 Å². The number of benzene rings is 2.